The van der Waals surface area contributed by atoms with E-state index in [1.165, 1.54) is 22.6 Å². The number of hydrogen-bond acceptors (Lipinski definition) is 2. The summed E-state index contributed by atoms with van der Waals surface area (Å²) in [6.45, 7) is 3.14. The zero-order valence-corrected chi connectivity index (χ0v) is 11.2. The molecule has 0 aliphatic carbocycles. The highest BCUT2D eigenvalue weighted by atomic mass is 32.1. The lowest BCUT2D eigenvalue weighted by molar-refractivity contribution is -0.137. The summed E-state index contributed by atoms with van der Waals surface area (Å²) >= 11 is 1.65. The molecular formula is C14H14F3NS. The molecule has 5 heteroatoms. The Kier molecular flexibility index (Phi) is 4.27. The molecule has 0 saturated heterocycles. The van der Waals surface area contributed by atoms with Crippen molar-refractivity contribution >= 4 is 11.3 Å². The fourth-order valence-electron chi connectivity index (χ4n) is 1.76. The Hall–Kier alpha value is -1.33. The van der Waals surface area contributed by atoms with Crippen LogP contribution in [0.15, 0.2) is 35.7 Å². The van der Waals surface area contributed by atoms with Gasteiger partial charge in [0.15, 0.2) is 0 Å². The van der Waals surface area contributed by atoms with E-state index in [4.69, 9.17) is 0 Å². The Morgan fingerprint density at radius 1 is 1.16 bits per heavy atom. The Morgan fingerprint density at radius 2 is 1.95 bits per heavy atom. The minimum Gasteiger partial charge on any atom is -0.308 e. The van der Waals surface area contributed by atoms with E-state index in [-0.39, 0.29) is 0 Å². The van der Waals surface area contributed by atoms with Gasteiger partial charge in [-0.3, -0.25) is 0 Å². The average molecular weight is 285 g/mol. The van der Waals surface area contributed by atoms with Crippen LogP contribution in [-0.2, 0) is 19.3 Å². The molecule has 0 fully saturated rings. The van der Waals surface area contributed by atoms with Crippen LogP contribution in [0.4, 0.5) is 13.2 Å². The van der Waals surface area contributed by atoms with Gasteiger partial charge < -0.3 is 5.32 Å². The molecule has 1 heterocycles. The predicted molar refractivity (Wildman–Crippen MR) is 71.0 cm³/mol. The number of nitrogens with one attached hydrogen (secondary N) is 1. The van der Waals surface area contributed by atoms with Crippen LogP contribution in [0.25, 0.3) is 0 Å². The van der Waals surface area contributed by atoms with Gasteiger partial charge in [0.05, 0.1) is 5.56 Å². The molecule has 0 unspecified atom stereocenters. The average Bonchev–Trinajstić information content (AvgIpc) is 2.75. The summed E-state index contributed by atoms with van der Waals surface area (Å²) < 4.78 is 37.6. The van der Waals surface area contributed by atoms with Crippen molar-refractivity contribution < 1.29 is 13.2 Å². The highest BCUT2D eigenvalue weighted by Crippen LogP contribution is 2.29. The van der Waals surface area contributed by atoms with E-state index >= 15 is 0 Å². The number of rotatable bonds is 4. The second-order valence-corrected chi connectivity index (χ2v) is 5.33. The number of benzene rings is 1. The Labute approximate surface area is 114 Å². The second-order valence-electron chi connectivity index (χ2n) is 4.33. The summed E-state index contributed by atoms with van der Waals surface area (Å²) in [4.78, 5) is 1.21. The monoisotopic (exact) mass is 285 g/mol. The fraction of sp³-hybridized carbons (Fsp3) is 0.286. The van der Waals surface area contributed by atoms with Gasteiger partial charge in [0.2, 0.25) is 0 Å². The van der Waals surface area contributed by atoms with Crippen molar-refractivity contribution in [3.63, 3.8) is 0 Å². The number of alkyl halides is 3. The smallest absolute Gasteiger partial charge is 0.308 e. The van der Waals surface area contributed by atoms with E-state index in [2.05, 4.69) is 5.32 Å². The number of thiophene rings is 1. The highest BCUT2D eigenvalue weighted by molar-refractivity contribution is 7.10. The van der Waals surface area contributed by atoms with Crippen molar-refractivity contribution in [1.82, 2.24) is 5.32 Å². The van der Waals surface area contributed by atoms with Gasteiger partial charge in [0.1, 0.15) is 0 Å². The number of hydrogen-bond donors (Lipinski definition) is 1. The van der Waals surface area contributed by atoms with Crippen molar-refractivity contribution in [3.8, 4) is 0 Å². The third-order valence-corrected chi connectivity index (χ3v) is 3.86. The maximum absolute atomic E-state index is 12.5. The van der Waals surface area contributed by atoms with Crippen LogP contribution in [0, 0.1) is 6.92 Å². The van der Waals surface area contributed by atoms with E-state index in [9.17, 15) is 13.2 Å². The van der Waals surface area contributed by atoms with E-state index in [1.54, 1.807) is 17.4 Å². The standard InChI is InChI=1S/C14H14F3NS/c1-10-5-6-19-13(10)9-18-8-11-3-2-4-12(7-11)14(15,16)17/h2-7,18H,8-9H2,1H3. The molecule has 19 heavy (non-hydrogen) atoms. The van der Waals surface area contributed by atoms with Gasteiger partial charge in [-0.15, -0.1) is 11.3 Å². The van der Waals surface area contributed by atoms with E-state index in [0.717, 1.165) is 6.07 Å². The van der Waals surface area contributed by atoms with Crippen molar-refractivity contribution in [2.45, 2.75) is 26.2 Å². The van der Waals surface area contributed by atoms with E-state index in [1.807, 2.05) is 18.4 Å². The van der Waals surface area contributed by atoms with Crippen LogP contribution in [-0.4, -0.2) is 0 Å². The molecule has 0 aliphatic heterocycles. The SMILES string of the molecule is Cc1ccsc1CNCc1cccc(C(F)(F)F)c1. The van der Waals surface area contributed by atoms with Gasteiger partial charge in [-0.1, -0.05) is 18.2 Å². The number of halogens is 3. The molecule has 0 atom stereocenters. The molecule has 0 bridgehead atoms. The molecule has 0 amide bonds. The molecule has 1 aromatic carbocycles. The molecule has 0 aliphatic rings. The van der Waals surface area contributed by atoms with Gasteiger partial charge in [-0.05, 0) is 35.6 Å². The fourth-order valence-corrected chi connectivity index (χ4v) is 2.64. The molecule has 0 spiro atoms. The van der Waals surface area contributed by atoms with Crippen LogP contribution < -0.4 is 5.32 Å². The van der Waals surface area contributed by atoms with Crippen LogP contribution in [0.2, 0.25) is 0 Å². The third kappa shape index (κ3) is 3.81. The maximum atomic E-state index is 12.5. The van der Waals surface area contributed by atoms with Crippen LogP contribution in [0.3, 0.4) is 0 Å². The molecule has 1 nitrogen and oxygen atoms in total. The maximum Gasteiger partial charge on any atom is 0.416 e. The molecule has 2 aromatic rings. The van der Waals surface area contributed by atoms with Crippen LogP contribution in [0.5, 0.6) is 0 Å². The van der Waals surface area contributed by atoms with Crippen LogP contribution in [0.1, 0.15) is 21.6 Å². The summed E-state index contributed by atoms with van der Waals surface area (Å²) in [5.41, 5.74) is 1.25. The van der Waals surface area contributed by atoms with Gasteiger partial charge in [-0.25, -0.2) is 0 Å². The minimum atomic E-state index is -4.28. The topological polar surface area (TPSA) is 12.0 Å². The number of aryl methyl sites for hydroxylation is 1. The normalized spacial score (nSPS) is 11.8. The summed E-state index contributed by atoms with van der Waals surface area (Å²) in [5.74, 6) is 0. The lowest BCUT2D eigenvalue weighted by Gasteiger charge is -2.09. The molecule has 1 aromatic heterocycles. The van der Waals surface area contributed by atoms with Gasteiger partial charge in [0.25, 0.3) is 0 Å². The van der Waals surface area contributed by atoms with Crippen molar-refractivity contribution in [2.24, 2.45) is 0 Å². The van der Waals surface area contributed by atoms with Gasteiger partial charge >= 0.3 is 6.18 Å². The quantitative estimate of drug-likeness (QED) is 0.880. The summed E-state index contributed by atoms with van der Waals surface area (Å²) in [6, 6.07) is 7.45. The second kappa shape index (κ2) is 5.75. The summed E-state index contributed by atoms with van der Waals surface area (Å²) in [5, 5.41) is 5.18. The Balaban J connectivity index is 1.95. The van der Waals surface area contributed by atoms with Gasteiger partial charge in [0, 0.05) is 18.0 Å². The first-order chi connectivity index (χ1) is 8.97. The molecule has 2 rings (SSSR count). The van der Waals surface area contributed by atoms with Crippen molar-refractivity contribution in [1.29, 1.82) is 0 Å². The molecular weight excluding hydrogens is 271 g/mol. The Morgan fingerprint density at radius 3 is 2.58 bits per heavy atom. The molecule has 102 valence electrons. The molecule has 1 N–H and O–H groups in total. The van der Waals surface area contributed by atoms with E-state index < -0.39 is 11.7 Å². The summed E-state index contributed by atoms with van der Waals surface area (Å²) in [7, 11) is 0. The first-order valence-electron chi connectivity index (χ1n) is 5.86. The first kappa shape index (κ1) is 14.1. The van der Waals surface area contributed by atoms with Crippen molar-refractivity contribution in [3.05, 3.63) is 57.3 Å². The summed E-state index contributed by atoms with van der Waals surface area (Å²) in [6.07, 6.45) is -4.28. The molecule has 0 radical (unpaired) electrons. The first-order valence-corrected chi connectivity index (χ1v) is 6.74. The zero-order chi connectivity index (χ0) is 13.9. The van der Waals surface area contributed by atoms with Gasteiger partial charge in [-0.2, -0.15) is 13.2 Å². The zero-order valence-electron chi connectivity index (χ0n) is 10.4. The third-order valence-electron chi connectivity index (χ3n) is 2.84. The minimum absolute atomic E-state index is 0.432. The van der Waals surface area contributed by atoms with E-state index in [0.29, 0.717) is 18.7 Å². The lowest BCUT2D eigenvalue weighted by Crippen LogP contribution is -2.13. The highest BCUT2D eigenvalue weighted by Gasteiger charge is 2.30. The largest absolute Gasteiger partial charge is 0.416 e. The lowest BCUT2D eigenvalue weighted by atomic mass is 10.1. The predicted octanol–water partition coefficient (Wildman–Crippen LogP) is 4.37. The Bertz CT molecular complexity index is 546. The van der Waals surface area contributed by atoms with Crippen LogP contribution >= 0.6 is 11.3 Å². The van der Waals surface area contributed by atoms with Crippen molar-refractivity contribution in [2.75, 3.05) is 0 Å². The molecule has 0 saturated carbocycles.